The molecule has 2 aromatic rings. The number of hydrogen-bond acceptors (Lipinski definition) is 3. The van der Waals surface area contributed by atoms with Crippen LogP contribution in [-0.4, -0.2) is 47.0 Å². The topological polar surface area (TPSA) is 61.0 Å². The van der Waals surface area contributed by atoms with Gasteiger partial charge in [-0.05, 0) is 49.4 Å². The van der Waals surface area contributed by atoms with E-state index in [1.165, 1.54) is 5.56 Å². The fourth-order valence-corrected chi connectivity index (χ4v) is 3.90. The van der Waals surface area contributed by atoms with Crippen molar-refractivity contribution >= 4 is 5.91 Å². The smallest absolute Gasteiger partial charge is 0.253 e. The van der Waals surface area contributed by atoms with Crippen LogP contribution in [0.4, 0.5) is 0 Å². The van der Waals surface area contributed by atoms with Crippen LogP contribution < -0.4 is 5.32 Å². The van der Waals surface area contributed by atoms with Crippen molar-refractivity contribution in [1.82, 2.24) is 20.2 Å². The van der Waals surface area contributed by atoms with E-state index in [0.29, 0.717) is 11.8 Å². The highest BCUT2D eigenvalue weighted by Gasteiger charge is 2.26. The molecule has 0 spiro atoms. The number of aromatic amines is 1. The number of carbonyl (C=O) groups excluding carboxylic acids is 1. The maximum atomic E-state index is 12.8. The lowest BCUT2D eigenvalue weighted by molar-refractivity contribution is 0.0711. The number of rotatable bonds is 3. The highest BCUT2D eigenvalue weighted by atomic mass is 16.2. The van der Waals surface area contributed by atoms with Gasteiger partial charge in [-0.3, -0.25) is 4.79 Å². The Morgan fingerprint density at radius 3 is 2.75 bits per heavy atom. The van der Waals surface area contributed by atoms with Crippen LogP contribution >= 0.6 is 0 Å². The van der Waals surface area contributed by atoms with E-state index >= 15 is 0 Å². The summed E-state index contributed by atoms with van der Waals surface area (Å²) < 4.78 is 0. The normalized spacial score (nSPS) is 22.0. The zero-order chi connectivity index (χ0) is 16.4. The van der Waals surface area contributed by atoms with Crippen molar-refractivity contribution in [2.75, 3.05) is 26.2 Å². The van der Waals surface area contributed by atoms with Crippen LogP contribution in [0.5, 0.6) is 0 Å². The molecule has 1 aromatic carbocycles. The minimum atomic E-state index is 0.167. The largest absolute Gasteiger partial charge is 0.348 e. The second kappa shape index (κ2) is 6.77. The van der Waals surface area contributed by atoms with E-state index < -0.39 is 0 Å². The van der Waals surface area contributed by atoms with E-state index in [2.05, 4.69) is 27.4 Å². The SMILES string of the molecule is O=C(c1cccc([C@@H]2CCNC2)c1)N1CCC(c2ncc[nH]2)CC1. The Morgan fingerprint density at radius 2 is 2.04 bits per heavy atom. The van der Waals surface area contributed by atoms with Gasteiger partial charge in [-0.25, -0.2) is 4.98 Å². The second-order valence-corrected chi connectivity index (χ2v) is 6.86. The first-order chi connectivity index (χ1) is 11.8. The maximum absolute atomic E-state index is 12.8. The monoisotopic (exact) mass is 324 g/mol. The quantitative estimate of drug-likeness (QED) is 0.912. The van der Waals surface area contributed by atoms with Gasteiger partial charge in [-0.2, -0.15) is 0 Å². The summed E-state index contributed by atoms with van der Waals surface area (Å²) in [7, 11) is 0. The predicted octanol–water partition coefficient (Wildman–Crippen LogP) is 2.51. The van der Waals surface area contributed by atoms with Gasteiger partial charge in [0.15, 0.2) is 0 Å². The van der Waals surface area contributed by atoms with Gasteiger partial charge >= 0.3 is 0 Å². The Balaban J connectivity index is 1.42. The molecular weight excluding hydrogens is 300 g/mol. The molecule has 0 saturated carbocycles. The number of aromatic nitrogens is 2. The summed E-state index contributed by atoms with van der Waals surface area (Å²) in [5.74, 6) is 2.21. The highest BCUT2D eigenvalue weighted by Crippen LogP contribution is 2.27. The number of likely N-dealkylation sites (tertiary alicyclic amines) is 1. The van der Waals surface area contributed by atoms with Crippen LogP contribution in [0.3, 0.4) is 0 Å². The van der Waals surface area contributed by atoms with Gasteiger partial charge in [0.2, 0.25) is 0 Å². The summed E-state index contributed by atoms with van der Waals surface area (Å²) >= 11 is 0. The third kappa shape index (κ3) is 3.08. The van der Waals surface area contributed by atoms with Gasteiger partial charge in [-0.15, -0.1) is 0 Å². The minimum Gasteiger partial charge on any atom is -0.348 e. The van der Waals surface area contributed by atoms with E-state index in [4.69, 9.17) is 0 Å². The van der Waals surface area contributed by atoms with Crippen LogP contribution in [0.15, 0.2) is 36.7 Å². The molecule has 2 N–H and O–H groups in total. The van der Waals surface area contributed by atoms with E-state index in [1.807, 2.05) is 23.2 Å². The van der Waals surface area contributed by atoms with Gasteiger partial charge in [-0.1, -0.05) is 12.1 Å². The molecule has 1 atom stereocenters. The zero-order valence-corrected chi connectivity index (χ0v) is 13.9. The molecule has 126 valence electrons. The van der Waals surface area contributed by atoms with E-state index in [-0.39, 0.29) is 5.91 Å². The number of piperidine rings is 1. The number of benzene rings is 1. The molecule has 0 radical (unpaired) electrons. The number of hydrogen-bond donors (Lipinski definition) is 2. The Bertz CT molecular complexity index is 683. The molecule has 24 heavy (non-hydrogen) atoms. The minimum absolute atomic E-state index is 0.167. The zero-order valence-electron chi connectivity index (χ0n) is 13.9. The number of amides is 1. The molecule has 5 nitrogen and oxygen atoms in total. The molecule has 2 aliphatic heterocycles. The van der Waals surface area contributed by atoms with E-state index in [0.717, 1.165) is 56.8 Å². The number of carbonyl (C=O) groups is 1. The van der Waals surface area contributed by atoms with Gasteiger partial charge in [0, 0.05) is 43.5 Å². The fourth-order valence-electron chi connectivity index (χ4n) is 3.90. The van der Waals surface area contributed by atoms with Crippen LogP contribution in [0.2, 0.25) is 0 Å². The van der Waals surface area contributed by atoms with Gasteiger partial charge in [0.1, 0.15) is 5.82 Å². The Labute approximate surface area is 142 Å². The summed E-state index contributed by atoms with van der Waals surface area (Å²) in [4.78, 5) is 22.4. The lowest BCUT2D eigenvalue weighted by Crippen LogP contribution is -2.38. The van der Waals surface area contributed by atoms with E-state index in [9.17, 15) is 4.79 Å². The first-order valence-corrected chi connectivity index (χ1v) is 8.90. The van der Waals surface area contributed by atoms with Crippen molar-refractivity contribution in [3.8, 4) is 0 Å². The number of H-pyrrole nitrogens is 1. The maximum Gasteiger partial charge on any atom is 0.253 e. The number of nitrogens with one attached hydrogen (secondary N) is 2. The number of imidazole rings is 1. The summed E-state index contributed by atoms with van der Waals surface area (Å²) in [6.07, 6.45) is 6.79. The average Bonchev–Trinajstić information content (AvgIpc) is 3.35. The molecule has 5 heteroatoms. The standard InChI is InChI=1S/C19H24N4O/c24-19(16-3-1-2-15(12-16)17-4-7-20-13-17)23-10-5-14(6-11-23)18-21-8-9-22-18/h1-3,8-9,12,14,17,20H,4-7,10-11,13H2,(H,21,22)/t17-/m1/s1. The van der Waals surface area contributed by atoms with Crippen molar-refractivity contribution in [2.45, 2.75) is 31.1 Å². The van der Waals surface area contributed by atoms with Crippen molar-refractivity contribution in [3.63, 3.8) is 0 Å². The predicted molar refractivity (Wildman–Crippen MR) is 93.1 cm³/mol. The molecule has 2 aliphatic rings. The molecular formula is C19H24N4O. The fraction of sp³-hybridized carbons (Fsp3) is 0.474. The van der Waals surface area contributed by atoms with Crippen molar-refractivity contribution in [2.24, 2.45) is 0 Å². The third-order valence-electron chi connectivity index (χ3n) is 5.35. The Morgan fingerprint density at radius 1 is 1.17 bits per heavy atom. The molecule has 2 fully saturated rings. The highest BCUT2D eigenvalue weighted by molar-refractivity contribution is 5.94. The summed E-state index contributed by atoms with van der Waals surface area (Å²) in [5, 5.41) is 3.40. The van der Waals surface area contributed by atoms with Crippen molar-refractivity contribution in [3.05, 3.63) is 53.6 Å². The molecule has 0 aliphatic carbocycles. The van der Waals surface area contributed by atoms with Crippen LogP contribution in [0, 0.1) is 0 Å². The van der Waals surface area contributed by atoms with Gasteiger partial charge in [0.25, 0.3) is 5.91 Å². The van der Waals surface area contributed by atoms with Crippen molar-refractivity contribution < 1.29 is 4.79 Å². The summed E-state index contributed by atoms with van der Waals surface area (Å²) in [6, 6.07) is 8.22. The Hall–Kier alpha value is -2.14. The lowest BCUT2D eigenvalue weighted by Gasteiger charge is -2.31. The Kier molecular flexibility index (Phi) is 4.34. The molecule has 4 rings (SSSR count). The van der Waals surface area contributed by atoms with E-state index in [1.54, 1.807) is 6.20 Å². The van der Waals surface area contributed by atoms with Crippen LogP contribution in [0.1, 0.15) is 52.8 Å². The summed E-state index contributed by atoms with van der Waals surface area (Å²) in [6.45, 7) is 3.70. The van der Waals surface area contributed by atoms with Crippen LogP contribution in [0.25, 0.3) is 0 Å². The second-order valence-electron chi connectivity index (χ2n) is 6.86. The van der Waals surface area contributed by atoms with Gasteiger partial charge in [0.05, 0.1) is 0 Å². The molecule has 1 amide bonds. The molecule has 3 heterocycles. The first-order valence-electron chi connectivity index (χ1n) is 8.90. The average molecular weight is 324 g/mol. The molecule has 0 bridgehead atoms. The first kappa shape index (κ1) is 15.4. The molecule has 0 unspecified atom stereocenters. The molecule has 1 aromatic heterocycles. The molecule has 2 saturated heterocycles. The third-order valence-corrected chi connectivity index (χ3v) is 5.35. The van der Waals surface area contributed by atoms with Crippen LogP contribution in [-0.2, 0) is 0 Å². The van der Waals surface area contributed by atoms with Crippen molar-refractivity contribution in [1.29, 1.82) is 0 Å². The number of nitrogens with zero attached hydrogens (tertiary/aromatic N) is 2. The van der Waals surface area contributed by atoms with Gasteiger partial charge < -0.3 is 15.2 Å². The summed E-state index contributed by atoms with van der Waals surface area (Å²) in [5.41, 5.74) is 2.12. The lowest BCUT2D eigenvalue weighted by atomic mass is 9.94.